The molecule has 0 saturated carbocycles. The summed E-state index contributed by atoms with van der Waals surface area (Å²) in [5.41, 5.74) is 0.716. The third-order valence-electron chi connectivity index (χ3n) is 3.52. The predicted octanol–water partition coefficient (Wildman–Crippen LogP) is 0.947. The highest BCUT2D eigenvalue weighted by molar-refractivity contribution is 5.96. The number of nitrogens with zero attached hydrogens (tertiary/aromatic N) is 2. The van der Waals surface area contributed by atoms with Crippen molar-refractivity contribution >= 4 is 5.91 Å². The number of hydrogen-bond acceptors (Lipinski definition) is 3. The molecule has 0 atom stereocenters. The van der Waals surface area contributed by atoms with Crippen LogP contribution in [0.15, 0.2) is 18.2 Å². The number of rotatable bonds is 1. The summed E-state index contributed by atoms with van der Waals surface area (Å²) >= 11 is 0. The first-order valence-corrected chi connectivity index (χ1v) is 6.99. The standard InChI is InChI=1S/C16H19FN2O2/c1-18-7-3-8-19(10-9-18)16(21)15-12-14(17)6-5-13(15)4-2-11-20/h5-6,12,20H,3,7-11H2,1H3. The zero-order chi connectivity index (χ0) is 15.2. The van der Waals surface area contributed by atoms with Gasteiger partial charge in [-0.3, -0.25) is 4.79 Å². The quantitative estimate of drug-likeness (QED) is 0.783. The van der Waals surface area contributed by atoms with Crippen molar-refractivity contribution in [2.75, 3.05) is 39.8 Å². The van der Waals surface area contributed by atoms with E-state index in [1.54, 1.807) is 4.90 Å². The van der Waals surface area contributed by atoms with Crippen LogP contribution in [-0.2, 0) is 0 Å². The van der Waals surface area contributed by atoms with Gasteiger partial charge < -0.3 is 14.9 Å². The van der Waals surface area contributed by atoms with E-state index in [-0.39, 0.29) is 18.1 Å². The third-order valence-corrected chi connectivity index (χ3v) is 3.52. The maximum absolute atomic E-state index is 13.5. The summed E-state index contributed by atoms with van der Waals surface area (Å²) in [6.45, 7) is 2.74. The van der Waals surface area contributed by atoms with E-state index in [0.29, 0.717) is 18.7 Å². The van der Waals surface area contributed by atoms with E-state index in [1.807, 2.05) is 7.05 Å². The molecule has 0 aromatic heterocycles. The highest BCUT2D eigenvalue weighted by Gasteiger charge is 2.21. The van der Waals surface area contributed by atoms with E-state index in [0.717, 1.165) is 19.5 Å². The summed E-state index contributed by atoms with van der Waals surface area (Å²) in [5, 5.41) is 8.78. The fraction of sp³-hybridized carbons (Fsp3) is 0.438. The minimum absolute atomic E-state index is 0.202. The van der Waals surface area contributed by atoms with Crippen LogP contribution in [0.3, 0.4) is 0 Å². The molecule has 1 aliphatic rings. The van der Waals surface area contributed by atoms with Crippen molar-refractivity contribution in [2.45, 2.75) is 6.42 Å². The number of likely N-dealkylation sites (N-methyl/N-ethyl adjacent to an activating group) is 1. The van der Waals surface area contributed by atoms with Crippen molar-refractivity contribution in [3.63, 3.8) is 0 Å². The van der Waals surface area contributed by atoms with E-state index in [9.17, 15) is 9.18 Å². The number of aliphatic hydroxyl groups is 1. The van der Waals surface area contributed by atoms with Gasteiger partial charge in [0, 0.05) is 25.2 Å². The van der Waals surface area contributed by atoms with Crippen LogP contribution in [0.25, 0.3) is 0 Å². The second-order valence-corrected chi connectivity index (χ2v) is 5.10. The molecule has 112 valence electrons. The van der Waals surface area contributed by atoms with Crippen molar-refractivity contribution in [3.05, 3.63) is 35.1 Å². The fourth-order valence-electron chi connectivity index (χ4n) is 2.36. The maximum Gasteiger partial charge on any atom is 0.255 e. The summed E-state index contributed by atoms with van der Waals surface area (Å²) in [7, 11) is 2.02. The molecule has 0 spiro atoms. The molecular formula is C16H19FN2O2. The molecule has 1 N–H and O–H groups in total. The summed E-state index contributed by atoms with van der Waals surface area (Å²) < 4.78 is 13.5. The van der Waals surface area contributed by atoms with Gasteiger partial charge in [-0.15, -0.1) is 0 Å². The molecule has 0 aliphatic carbocycles. The zero-order valence-electron chi connectivity index (χ0n) is 12.1. The number of hydrogen-bond donors (Lipinski definition) is 1. The summed E-state index contributed by atoms with van der Waals surface area (Å²) in [4.78, 5) is 16.5. The van der Waals surface area contributed by atoms with E-state index < -0.39 is 5.82 Å². The van der Waals surface area contributed by atoms with Gasteiger partial charge in [-0.05, 0) is 38.2 Å². The largest absolute Gasteiger partial charge is 0.384 e. The molecule has 21 heavy (non-hydrogen) atoms. The van der Waals surface area contributed by atoms with E-state index in [4.69, 9.17) is 5.11 Å². The monoisotopic (exact) mass is 290 g/mol. The first kappa shape index (κ1) is 15.5. The Kier molecular flexibility index (Phi) is 5.32. The van der Waals surface area contributed by atoms with Crippen LogP contribution in [0.1, 0.15) is 22.3 Å². The van der Waals surface area contributed by atoms with Crippen LogP contribution in [-0.4, -0.2) is 60.6 Å². The van der Waals surface area contributed by atoms with Crippen molar-refractivity contribution in [1.29, 1.82) is 0 Å². The highest BCUT2D eigenvalue weighted by atomic mass is 19.1. The first-order chi connectivity index (χ1) is 10.1. The van der Waals surface area contributed by atoms with Gasteiger partial charge in [0.05, 0.1) is 5.56 Å². The Balaban J connectivity index is 2.27. The number of halogens is 1. The predicted molar refractivity (Wildman–Crippen MR) is 78.4 cm³/mol. The summed E-state index contributed by atoms with van der Waals surface area (Å²) in [5.74, 6) is 4.56. The lowest BCUT2D eigenvalue weighted by molar-refractivity contribution is 0.0762. The Bertz CT molecular complexity index is 577. The minimum atomic E-state index is -0.458. The molecule has 0 unspecified atom stereocenters. The molecule has 1 aromatic rings. The lowest BCUT2D eigenvalue weighted by Gasteiger charge is -2.21. The Labute approximate surface area is 124 Å². The summed E-state index contributed by atoms with van der Waals surface area (Å²) in [6, 6.07) is 3.97. The zero-order valence-corrected chi connectivity index (χ0v) is 12.1. The molecule has 1 fully saturated rings. The molecule has 1 heterocycles. The summed E-state index contributed by atoms with van der Waals surface area (Å²) in [6.07, 6.45) is 0.898. The molecule has 1 saturated heterocycles. The molecular weight excluding hydrogens is 271 g/mol. The third kappa shape index (κ3) is 4.03. The molecule has 1 aromatic carbocycles. The first-order valence-electron chi connectivity index (χ1n) is 6.99. The van der Waals surface area contributed by atoms with Crippen LogP contribution in [0.5, 0.6) is 0 Å². The van der Waals surface area contributed by atoms with Crippen molar-refractivity contribution < 1.29 is 14.3 Å². The maximum atomic E-state index is 13.5. The van der Waals surface area contributed by atoms with Crippen molar-refractivity contribution in [1.82, 2.24) is 9.80 Å². The lowest BCUT2D eigenvalue weighted by Crippen LogP contribution is -2.35. The lowest BCUT2D eigenvalue weighted by atomic mass is 10.1. The van der Waals surface area contributed by atoms with Crippen LogP contribution in [0, 0.1) is 17.7 Å². The van der Waals surface area contributed by atoms with Gasteiger partial charge in [0.15, 0.2) is 0 Å². The molecule has 2 rings (SSSR count). The molecule has 1 amide bonds. The average molecular weight is 290 g/mol. The Morgan fingerprint density at radius 1 is 1.33 bits per heavy atom. The van der Waals surface area contributed by atoms with Crippen molar-refractivity contribution in [3.8, 4) is 11.8 Å². The number of aliphatic hydroxyl groups excluding tert-OH is 1. The SMILES string of the molecule is CN1CCCN(C(=O)c2cc(F)ccc2C#CCO)CC1. The van der Waals surface area contributed by atoms with Gasteiger partial charge in [-0.2, -0.15) is 0 Å². The van der Waals surface area contributed by atoms with Gasteiger partial charge in [0.25, 0.3) is 5.91 Å². The van der Waals surface area contributed by atoms with Crippen LogP contribution < -0.4 is 0 Å². The Morgan fingerprint density at radius 2 is 2.14 bits per heavy atom. The number of benzene rings is 1. The molecule has 5 heteroatoms. The fourth-order valence-corrected chi connectivity index (χ4v) is 2.36. The normalized spacial score (nSPS) is 16.0. The van der Waals surface area contributed by atoms with Gasteiger partial charge in [0.1, 0.15) is 12.4 Å². The van der Waals surface area contributed by atoms with Crippen LogP contribution in [0.2, 0.25) is 0 Å². The molecule has 0 radical (unpaired) electrons. The van der Waals surface area contributed by atoms with Gasteiger partial charge in [0.2, 0.25) is 0 Å². The van der Waals surface area contributed by atoms with E-state index in [2.05, 4.69) is 16.7 Å². The number of carbonyl (C=O) groups excluding carboxylic acids is 1. The van der Waals surface area contributed by atoms with Gasteiger partial charge >= 0.3 is 0 Å². The molecule has 4 nitrogen and oxygen atoms in total. The Morgan fingerprint density at radius 3 is 2.90 bits per heavy atom. The second-order valence-electron chi connectivity index (χ2n) is 5.10. The van der Waals surface area contributed by atoms with Gasteiger partial charge in [-0.1, -0.05) is 11.8 Å². The van der Waals surface area contributed by atoms with E-state index in [1.165, 1.54) is 18.2 Å². The highest BCUT2D eigenvalue weighted by Crippen LogP contribution is 2.15. The minimum Gasteiger partial charge on any atom is -0.384 e. The van der Waals surface area contributed by atoms with E-state index >= 15 is 0 Å². The topological polar surface area (TPSA) is 43.8 Å². The second kappa shape index (κ2) is 7.21. The van der Waals surface area contributed by atoms with Crippen LogP contribution >= 0.6 is 0 Å². The smallest absolute Gasteiger partial charge is 0.255 e. The van der Waals surface area contributed by atoms with Crippen molar-refractivity contribution in [2.24, 2.45) is 0 Å². The molecule has 0 bridgehead atoms. The van der Waals surface area contributed by atoms with Crippen LogP contribution in [0.4, 0.5) is 4.39 Å². The number of amides is 1. The van der Waals surface area contributed by atoms with Gasteiger partial charge in [-0.25, -0.2) is 4.39 Å². The Hall–Kier alpha value is -1.90. The average Bonchev–Trinajstić information content (AvgIpc) is 2.70. The number of carbonyl (C=O) groups is 1. The molecule has 1 aliphatic heterocycles.